The second-order valence-corrected chi connectivity index (χ2v) is 6.90. The molecule has 3 N–H and O–H groups in total. The summed E-state index contributed by atoms with van der Waals surface area (Å²) < 4.78 is 5.07. The molecule has 7 nitrogen and oxygen atoms in total. The maximum atomic E-state index is 12.6. The van der Waals surface area contributed by atoms with Gasteiger partial charge in [0.25, 0.3) is 5.91 Å². The Morgan fingerprint density at radius 1 is 1.28 bits per heavy atom. The monoisotopic (exact) mass is 415 g/mol. The number of benzene rings is 2. The summed E-state index contributed by atoms with van der Waals surface area (Å²) in [7, 11) is 1.49. The summed E-state index contributed by atoms with van der Waals surface area (Å²) in [6.45, 7) is 10.4. The molecule has 2 aromatic rings. The molecule has 0 saturated carbocycles. The predicted octanol–water partition coefficient (Wildman–Crippen LogP) is 3.21. The van der Waals surface area contributed by atoms with Crippen LogP contribution in [0.5, 0.6) is 5.75 Å². The molecule has 0 unspecified atom stereocenters. The first-order valence-corrected chi connectivity index (χ1v) is 9.24. The summed E-state index contributed by atoms with van der Waals surface area (Å²) in [5.41, 5.74) is 6.76. The first kappa shape index (κ1) is 22.2. The lowest BCUT2D eigenvalue weighted by Crippen LogP contribution is -2.47. The molecule has 2 amide bonds. The minimum absolute atomic E-state index is 0.197. The number of halogens is 1. The number of nitrogens with zero attached hydrogens (tertiary/aromatic N) is 1. The molecule has 2 rings (SSSR count). The molecule has 0 bridgehead atoms. The smallest absolute Gasteiger partial charge is 0.269 e. The number of hydrogen-bond donors (Lipinski definition) is 3. The van der Waals surface area contributed by atoms with Crippen molar-refractivity contribution in [2.75, 3.05) is 7.11 Å². The Bertz CT molecular complexity index is 953. The minimum Gasteiger partial charge on any atom is -0.497 e. The summed E-state index contributed by atoms with van der Waals surface area (Å²) in [6.07, 6.45) is -0.773. The lowest BCUT2D eigenvalue weighted by Gasteiger charge is -2.21. The Kier molecular flexibility index (Phi) is 7.59. The lowest BCUT2D eigenvalue weighted by atomic mass is 9.91. The maximum absolute atomic E-state index is 12.6. The van der Waals surface area contributed by atoms with E-state index in [1.165, 1.54) is 20.1 Å². The van der Waals surface area contributed by atoms with Gasteiger partial charge in [-0.25, -0.2) is 4.85 Å². The van der Waals surface area contributed by atoms with Crippen molar-refractivity contribution in [1.82, 2.24) is 10.9 Å². The molecule has 2 atom stereocenters. The van der Waals surface area contributed by atoms with Crippen LogP contribution in [-0.2, 0) is 11.2 Å². The van der Waals surface area contributed by atoms with Crippen LogP contribution in [0, 0.1) is 19.4 Å². The fourth-order valence-corrected chi connectivity index (χ4v) is 3.01. The summed E-state index contributed by atoms with van der Waals surface area (Å²) in [5, 5.41) is 10.4. The summed E-state index contributed by atoms with van der Waals surface area (Å²) >= 11 is 6.19. The van der Waals surface area contributed by atoms with E-state index in [0.29, 0.717) is 27.6 Å². The van der Waals surface area contributed by atoms with Crippen LogP contribution in [0.3, 0.4) is 0 Å². The summed E-state index contributed by atoms with van der Waals surface area (Å²) in [5.74, 6) is -1.36. The highest BCUT2D eigenvalue weighted by molar-refractivity contribution is 6.34. The topological polar surface area (TPSA) is 92.0 Å². The highest BCUT2D eigenvalue weighted by atomic mass is 35.5. The van der Waals surface area contributed by atoms with Crippen LogP contribution < -0.4 is 15.6 Å². The zero-order chi connectivity index (χ0) is 21.6. The van der Waals surface area contributed by atoms with E-state index in [1.54, 1.807) is 37.3 Å². The van der Waals surface area contributed by atoms with Gasteiger partial charge in [0, 0.05) is 5.56 Å². The molecule has 0 radical (unpaired) electrons. The first-order valence-electron chi connectivity index (χ1n) is 8.86. The van der Waals surface area contributed by atoms with Crippen molar-refractivity contribution in [3.8, 4) is 5.75 Å². The van der Waals surface area contributed by atoms with Crippen LogP contribution in [0.2, 0.25) is 5.02 Å². The van der Waals surface area contributed by atoms with Crippen molar-refractivity contribution in [3.05, 3.63) is 69.5 Å². The Morgan fingerprint density at radius 3 is 2.62 bits per heavy atom. The number of hydrogen-bond acceptors (Lipinski definition) is 4. The Labute approximate surface area is 174 Å². The molecule has 0 aliphatic rings. The van der Waals surface area contributed by atoms with Crippen molar-refractivity contribution in [1.29, 1.82) is 0 Å². The Balaban J connectivity index is 2.09. The number of aliphatic hydroxyl groups is 1. The van der Waals surface area contributed by atoms with Gasteiger partial charge < -0.3 is 9.84 Å². The third-order valence-electron chi connectivity index (χ3n) is 4.59. The van der Waals surface area contributed by atoms with Gasteiger partial charge in [0.1, 0.15) is 5.75 Å². The van der Waals surface area contributed by atoms with E-state index >= 15 is 0 Å². The second kappa shape index (κ2) is 9.92. The van der Waals surface area contributed by atoms with Gasteiger partial charge in [0.2, 0.25) is 11.6 Å². The van der Waals surface area contributed by atoms with Crippen molar-refractivity contribution in [2.24, 2.45) is 5.92 Å². The molecule has 0 saturated heterocycles. The molecule has 2 aromatic carbocycles. The number of ether oxygens (including phenoxy) is 1. The van der Waals surface area contributed by atoms with Crippen LogP contribution in [0.15, 0.2) is 36.4 Å². The van der Waals surface area contributed by atoms with Crippen LogP contribution in [0.4, 0.5) is 5.69 Å². The number of aliphatic hydroxyl groups excluding tert-OH is 1. The summed E-state index contributed by atoms with van der Waals surface area (Å²) in [4.78, 5) is 28.2. The van der Waals surface area contributed by atoms with E-state index in [2.05, 4.69) is 15.7 Å². The van der Waals surface area contributed by atoms with Gasteiger partial charge in [-0.2, -0.15) is 0 Å². The molecular formula is C21H22ClN3O4. The lowest BCUT2D eigenvalue weighted by molar-refractivity contribution is -0.128. The fraction of sp³-hybridized carbons (Fsp3) is 0.286. The van der Waals surface area contributed by atoms with Gasteiger partial charge in [-0.15, -0.1) is 0 Å². The first-order chi connectivity index (χ1) is 13.8. The van der Waals surface area contributed by atoms with E-state index in [0.717, 1.165) is 5.56 Å². The molecule has 0 fully saturated rings. The van der Waals surface area contributed by atoms with Gasteiger partial charge in [0.05, 0.1) is 30.7 Å². The van der Waals surface area contributed by atoms with Gasteiger partial charge in [-0.1, -0.05) is 29.8 Å². The molecule has 0 aliphatic heterocycles. The maximum Gasteiger partial charge on any atom is 0.269 e. The molecular weight excluding hydrogens is 394 g/mol. The third-order valence-corrected chi connectivity index (χ3v) is 5.07. The molecule has 0 aliphatic carbocycles. The number of rotatable bonds is 6. The van der Waals surface area contributed by atoms with Crippen LogP contribution in [0.25, 0.3) is 4.85 Å². The van der Waals surface area contributed by atoms with Crippen LogP contribution in [0.1, 0.15) is 28.4 Å². The predicted molar refractivity (Wildman–Crippen MR) is 110 cm³/mol. The van der Waals surface area contributed by atoms with Crippen molar-refractivity contribution < 1.29 is 19.4 Å². The highest BCUT2D eigenvalue weighted by Crippen LogP contribution is 2.31. The number of nitrogens with one attached hydrogen (secondary N) is 2. The van der Waals surface area contributed by atoms with Crippen LogP contribution in [-0.4, -0.2) is 30.1 Å². The standard InChI is InChI=1S/C21H22ClN3O4/c1-12-14(8-9-18(23-3)19(12)22)11-17(13(2)26)21(28)25-24-20(27)15-6-5-7-16(10-15)29-4/h5-10,13,17,26H,11H2,1-2,4H3,(H,24,27)(H,25,28)/t13-,17+/m0/s1. The number of carbonyl (C=O) groups is 2. The number of carbonyl (C=O) groups excluding carboxylic acids is 2. The largest absolute Gasteiger partial charge is 0.497 e. The van der Waals surface area contributed by atoms with Gasteiger partial charge >= 0.3 is 0 Å². The molecule has 0 heterocycles. The van der Waals surface area contributed by atoms with Gasteiger partial charge in [-0.05, 0) is 49.6 Å². The van der Waals surface area contributed by atoms with E-state index in [9.17, 15) is 14.7 Å². The SMILES string of the molecule is [C-]#[N+]c1ccc(C[C@@H](C(=O)NNC(=O)c2cccc(OC)c2)[C@H](C)O)c(C)c1Cl. The Hall–Kier alpha value is -3.08. The van der Waals surface area contributed by atoms with Gasteiger partial charge in [0.15, 0.2) is 0 Å². The highest BCUT2D eigenvalue weighted by Gasteiger charge is 2.26. The minimum atomic E-state index is -0.970. The molecule has 0 spiro atoms. The van der Waals surface area contributed by atoms with Crippen molar-refractivity contribution >= 4 is 29.1 Å². The van der Waals surface area contributed by atoms with Crippen molar-refractivity contribution in [2.45, 2.75) is 26.4 Å². The van der Waals surface area contributed by atoms with Crippen molar-refractivity contribution in [3.63, 3.8) is 0 Å². The van der Waals surface area contributed by atoms with E-state index in [-0.39, 0.29) is 6.42 Å². The second-order valence-electron chi connectivity index (χ2n) is 6.52. The van der Waals surface area contributed by atoms with E-state index < -0.39 is 23.8 Å². The fourth-order valence-electron chi connectivity index (χ4n) is 2.79. The normalized spacial score (nSPS) is 12.4. The Morgan fingerprint density at radius 2 is 2.00 bits per heavy atom. The van der Waals surface area contributed by atoms with Gasteiger partial charge in [-0.3, -0.25) is 20.4 Å². The number of methoxy groups -OCH3 is 1. The zero-order valence-electron chi connectivity index (χ0n) is 16.3. The number of amides is 2. The van der Waals surface area contributed by atoms with E-state index in [4.69, 9.17) is 22.9 Å². The van der Waals surface area contributed by atoms with Crippen LogP contribution >= 0.6 is 11.6 Å². The average Bonchev–Trinajstić information content (AvgIpc) is 2.72. The average molecular weight is 416 g/mol. The molecule has 29 heavy (non-hydrogen) atoms. The zero-order valence-corrected chi connectivity index (χ0v) is 17.1. The molecule has 0 aromatic heterocycles. The third kappa shape index (κ3) is 5.47. The number of hydrazine groups is 1. The quantitative estimate of drug-likeness (QED) is 0.499. The molecule has 8 heteroatoms. The summed E-state index contributed by atoms with van der Waals surface area (Å²) in [6, 6.07) is 9.78. The van der Waals surface area contributed by atoms with E-state index in [1.807, 2.05) is 0 Å². The molecule has 152 valence electrons.